The number of amides is 2. The predicted octanol–water partition coefficient (Wildman–Crippen LogP) is 2.86. The molecule has 6 heteroatoms. The molecule has 3 rings (SSSR count). The van der Waals surface area contributed by atoms with Gasteiger partial charge < -0.3 is 9.80 Å². The highest BCUT2D eigenvalue weighted by Gasteiger charge is 2.32. The summed E-state index contributed by atoms with van der Waals surface area (Å²) >= 11 is 0. The Morgan fingerprint density at radius 3 is 2.59 bits per heavy atom. The molecule has 0 radical (unpaired) electrons. The summed E-state index contributed by atoms with van der Waals surface area (Å²) in [5.74, 6) is 0.0852. The highest BCUT2D eigenvalue weighted by atomic mass is 16.2. The van der Waals surface area contributed by atoms with Gasteiger partial charge in [-0.3, -0.25) is 14.3 Å². The SMILES string of the molecule is CC[C@H]1CN(C(=O)c2cn(CC)nc2C)CCC(=O)N1Cc1ccccc1. The largest absolute Gasteiger partial charge is 0.336 e. The minimum atomic E-state index is -0.0278. The van der Waals surface area contributed by atoms with Crippen molar-refractivity contribution in [1.29, 1.82) is 0 Å². The van der Waals surface area contributed by atoms with Crippen molar-refractivity contribution < 1.29 is 9.59 Å². The molecule has 2 amide bonds. The number of rotatable bonds is 5. The summed E-state index contributed by atoms with van der Waals surface area (Å²) in [5, 5.41) is 4.39. The van der Waals surface area contributed by atoms with E-state index >= 15 is 0 Å². The molecule has 1 fully saturated rings. The molecule has 1 aliphatic heterocycles. The first-order valence-electron chi connectivity index (χ1n) is 9.70. The highest BCUT2D eigenvalue weighted by molar-refractivity contribution is 5.95. The van der Waals surface area contributed by atoms with E-state index in [1.54, 1.807) is 4.68 Å². The van der Waals surface area contributed by atoms with Crippen LogP contribution in [0, 0.1) is 6.92 Å². The molecule has 0 bridgehead atoms. The van der Waals surface area contributed by atoms with E-state index in [0.717, 1.165) is 24.2 Å². The van der Waals surface area contributed by atoms with Gasteiger partial charge in [-0.2, -0.15) is 5.10 Å². The third kappa shape index (κ3) is 4.21. The molecule has 6 nitrogen and oxygen atoms in total. The summed E-state index contributed by atoms with van der Waals surface area (Å²) in [6.07, 6.45) is 2.98. The van der Waals surface area contributed by atoms with Crippen LogP contribution in [0.5, 0.6) is 0 Å². The third-order valence-corrected chi connectivity index (χ3v) is 5.24. The van der Waals surface area contributed by atoms with Crippen LogP contribution in [0.1, 0.15) is 48.3 Å². The van der Waals surface area contributed by atoms with Gasteiger partial charge in [0.25, 0.3) is 5.91 Å². The Morgan fingerprint density at radius 2 is 1.96 bits per heavy atom. The number of hydrogen-bond donors (Lipinski definition) is 0. The monoisotopic (exact) mass is 368 g/mol. The Hall–Kier alpha value is -2.63. The lowest BCUT2D eigenvalue weighted by Gasteiger charge is -2.31. The molecule has 0 spiro atoms. The van der Waals surface area contributed by atoms with E-state index in [0.29, 0.717) is 31.6 Å². The van der Waals surface area contributed by atoms with Gasteiger partial charge in [-0.05, 0) is 25.8 Å². The topological polar surface area (TPSA) is 58.4 Å². The Bertz CT molecular complexity index is 800. The Kier molecular flexibility index (Phi) is 5.94. The van der Waals surface area contributed by atoms with Gasteiger partial charge in [0.05, 0.1) is 11.3 Å². The number of aromatic nitrogens is 2. The molecule has 0 unspecified atom stereocenters. The fourth-order valence-corrected chi connectivity index (χ4v) is 3.61. The van der Waals surface area contributed by atoms with Crippen molar-refractivity contribution >= 4 is 11.8 Å². The number of benzene rings is 1. The van der Waals surface area contributed by atoms with Gasteiger partial charge in [0, 0.05) is 44.8 Å². The Morgan fingerprint density at radius 1 is 1.22 bits per heavy atom. The lowest BCUT2D eigenvalue weighted by molar-refractivity contribution is -0.133. The van der Waals surface area contributed by atoms with Crippen molar-refractivity contribution in [2.24, 2.45) is 0 Å². The van der Waals surface area contributed by atoms with Gasteiger partial charge in [0.1, 0.15) is 0 Å². The second kappa shape index (κ2) is 8.37. The van der Waals surface area contributed by atoms with E-state index in [1.165, 1.54) is 0 Å². The van der Waals surface area contributed by atoms with Gasteiger partial charge in [-0.15, -0.1) is 0 Å². The molecule has 1 aromatic heterocycles. The van der Waals surface area contributed by atoms with Gasteiger partial charge in [-0.25, -0.2) is 0 Å². The van der Waals surface area contributed by atoms with Crippen molar-refractivity contribution in [3.05, 3.63) is 53.3 Å². The standard InChI is InChI=1S/C21H28N4O2/c1-4-18-14-23(21(27)19-15-24(5-2)22-16(19)3)12-11-20(26)25(18)13-17-9-7-6-8-10-17/h6-10,15,18H,4-5,11-14H2,1-3H3/t18-/m0/s1. The molecule has 1 aromatic carbocycles. The van der Waals surface area contributed by atoms with Crippen LogP contribution in [0.2, 0.25) is 0 Å². The van der Waals surface area contributed by atoms with Crippen molar-refractivity contribution in [1.82, 2.24) is 19.6 Å². The Balaban J connectivity index is 1.79. The maximum absolute atomic E-state index is 13.1. The minimum Gasteiger partial charge on any atom is -0.336 e. The van der Waals surface area contributed by atoms with Crippen molar-refractivity contribution in [2.75, 3.05) is 13.1 Å². The lowest BCUT2D eigenvalue weighted by atomic mass is 10.1. The van der Waals surface area contributed by atoms with E-state index < -0.39 is 0 Å². The van der Waals surface area contributed by atoms with Gasteiger partial charge in [-0.1, -0.05) is 37.3 Å². The molecule has 2 heterocycles. The van der Waals surface area contributed by atoms with Crippen LogP contribution in [-0.4, -0.2) is 50.5 Å². The molecular weight excluding hydrogens is 340 g/mol. The van der Waals surface area contributed by atoms with Crippen LogP contribution >= 0.6 is 0 Å². The first-order valence-corrected chi connectivity index (χ1v) is 9.70. The van der Waals surface area contributed by atoms with Gasteiger partial charge in [0.2, 0.25) is 5.91 Å². The molecule has 144 valence electrons. The average Bonchev–Trinajstić information content (AvgIpc) is 2.99. The zero-order valence-electron chi connectivity index (χ0n) is 16.4. The van der Waals surface area contributed by atoms with Crippen molar-refractivity contribution in [3.8, 4) is 0 Å². The summed E-state index contributed by atoms with van der Waals surface area (Å²) in [4.78, 5) is 29.6. The van der Waals surface area contributed by atoms with E-state index in [9.17, 15) is 9.59 Å². The summed E-state index contributed by atoms with van der Waals surface area (Å²) < 4.78 is 1.78. The zero-order valence-corrected chi connectivity index (χ0v) is 16.4. The minimum absolute atomic E-state index is 0.0192. The normalized spacial score (nSPS) is 17.9. The Labute approximate surface area is 160 Å². The second-order valence-corrected chi connectivity index (χ2v) is 7.05. The van der Waals surface area contributed by atoms with Crippen molar-refractivity contribution in [2.45, 2.75) is 52.7 Å². The van der Waals surface area contributed by atoms with Crippen LogP contribution in [-0.2, 0) is 17.9 Å². The molecule has 1 aliphatic rings. The lowest BCUT2D eigenvalue weighted by Crippen LogP contribution is -2.43. The van der Waals surface area contributed by atoms with Crippen LogP contribution in [0.4, 0.5) is 0 Å². The number of hydrogen-bond acceptors (Lipinski definition) is 3. The van der Waals surface area contributed by atoms with E-state index in [4.69, 9.17) is 0 Å². The molecule has 1 saturated heterocycles. The van der Waals surface area contributed by atoms with Gasteiger partial charge >= 0.3 is 0 Å². The molecule has 0 saturated carbocycles. The molecular formula is C21H28N4O2. The van der Waals surface area contributed by atoms with E-state index in [1.807, 2.05) is 60.2 Å². The molecule has 27 heavy (non-hydrogen) atoms. The van der Waals surface area contributed by atoms with Crippen LogP contribution in [0.15, 0.2) is 36.5 Å². The number of carbonyl (C=O) groups excluding carboxylic acids is 2. The third-order valence-electron chi connectivity index (χ3n) is 5.24. The van der Waals surface area contributed by atoms with Crippen LogP contribution in [0.25, 0.3) is 0 Å². The molecule has 2 aromatic rings. The van der Waals surface area contributed by atoms with E-state index in [2.05, 4.69) is 12.0 Å². The van der Waals surface area contributed by atoms with E-state index in [-0.39, 0.29) is 17.9 Å². The number of carbonyl (C=O) groups is 2. The average molecular weight is 368 g/mol. The van der Waals surface area contributed by atoms with Gasteiger partial charge in [0.15, 0.2) is 0 Å². The summed E-state index contributed by atoms with van der Waals surface area (Å²) in [5.41, 5.74) is 2.49. The fraction of sp³-hybridized carbons (Fsp3) is 0.476. The van der Waals surface area contributed by atoms with Crippen molar-refractivity contribution in [3.63, 3.8) is 0 Å². The summed E-state index contributed by atoms with van der Waals surface area (Å²) in [7, 11) is 0. The van der Waals surface area contributed by atoms with Crippen LogP contribution in [0.3, 0.4) is 0 Å². The molecule has 1 atom stereocenters. The second-order valence-electron chi connectivity index (χ2n) is 7.05. The number of aryl methyl sites for hydroxylation is 2. The highest BCUT2D eigenvalue weighted by Crippen LogP contribution is 2.20. The first kappa shape index (κ1) is 19.1. The smallest absolute Gasteiger partial charge is 0.257 e. The van der Waals surface area contributed by atoms with Crippen LogP contribution < -0.4 is 0 Å². The first-order chi connectivity index (χ1) is 13.0. The summed E-state index contributed by atoms with van der Waals surface area (Å²) in [6.45, 7) is 8.27. The number of nitrogens with zero attached hydrogens (tertiary/aromatic N) is 4. The maximum atomic E-state index is 13.1. The molecule has 0 N–H and O–H groups in total. The zero-order chi connectivity index (χ0) is 19.4. The fourth-order valence-electron chi connectivity index (χ4n) is 3.61. The maximum Gasteiger partial charge on any atom is 0.257 e. The quantitative estimate of drug-likeness (QED) is 0.815. The molecule has 0 aliphatic carbocycles. The predicted molar refractivity (Wildman–Crippen MR) is 104 cm³/mol. The summed E-state index contributed by atoms with van der Waals surface area (Å²) in [6, 6.07) is 10.0.